The number of fused-ring (bicyclic) bond motifs is 1. The van der Waals surface area contributed by atoms with E-state index >= 15 is 0 Å². The molecule has 132 valence electrons. The Morgan fingerprint density at radius 3 is 2.88 bits per heavy atom. The van der Waals surface area contributed by atoms with Gasteiger partial charge < -0.3 is 15.8 Å². The van der Waals surface area contributed by atoms with E-state index in [0.29, 0.717) is 0 Å². The van der Waals surface area contributed by atoms with Crippen molar-refractivity contribution in [2.75, 3.05) is 19.0 Å². The third-order valence-electron chi connectivity index (χ3n) is 4.13. The fraction of sp³-hybridized carbons (Fsp3) is 0.333. The number of benzene rings is 1. The molecule has 5 nitrogen and oxygen atoms in total. The van der Waals surface area contributed by atoms with Crippen LogP contribution in [0.5, 0.6) is 5.88 Å². The average molecular weight is 346 g/mol. The Bertz CT molecular complexity index is 792. The van der Waals surface area contributed by atoms with E-state index in [-0.39, 0.29) is 11.8 Å². The number of halogens is 2. The summed E-state index contributed by atoms with van der Waals surface area (Å²) in [6.07, 6.45) is 3.25. The molecule has 25 heavy (non-hydrogen) atoms. The fourth-order valence-corrected chi connectivity index (χ4v) is 2.83. The highest BCUT2D eigenvalue weighted by atomic mass is 19.3. The third-order valence-corrected chi connectivity index (χ3v) is 4.13. The Morgan fingerprint density at radius 2 is 2.08 bits per heavy atom. The van der Waals surface area contributed by atoms with Gasteiger partial charge >= 0.3 is 5.92 Å². The molecule has 7 heteroatoms. The summed E-state index contributed by atoms with van der Waals surface area (Å²) in [4.78, 5) is 7.53. The minimum Gasteiger partial charge on any atom is -0.481 e. The number of anilines is 1. The lowest BCUT2D eigenvalue weighted by Crippen LogP contribution is -2.27. The number of hydrogen-bond acceptors (Lipinski definition) is 3. The molecular weight excluding hydrogens is 326 g/mol. The predicted octanol–water partition coefficient (Wildman–Crippen LogP) is 3.10. The molecule has 0 unspecified atom stereocenters. The summed E-state index contributed by atoms with van der Waals surface area (Å²) in [5.74, 6) is -3.16. The highest BCUT2D eigenvalue weighted by Gasteiger charge is 2.33. The normalized spacial score (nSPS) is 14.3. The van der Waals surface area contributed by atoms with Crippen LogP contribution in [0.25, 0.3) is 0 Å². The van der Waals surface area contributed by atoms with Gasteiger partial charge in [0.05, 0.1) is 7.11 Å². The minimum atomic E-state index is -3.24. The monoisotopic (exact) mass is 346 g/mol. The van der Waals surface area contributed by atoms with Gasteiger partial charge in [0.15, 0.2) is 5.96 Å². The summed E-state index contributed by atoms with van der Waals surface area (Å²) >= 11 is 0. The van der Waals surface area contributed by atoms with E-state index in [9.17, 15) is 8.78 Å². The standard InChI is InChI=1S/C18H20F2N4O/c1-25-16-7-3-6-15(24-16)18(19,20)11-22-17(21)23-14-9-8-12-4-2-5-13(12)10-14/h3,6-10H,2,4-5,11H2,1H3,(H3,21,22,23). The molecule has 0 amide bonds. The summed E-state index contributed by atoms with van der Waals surface area (Å²) in [6.45, 7) is -0.795. The molecule has 3 N–H and O–H groups in total. The van der Waals surface area contributed by atoms with Crippen molar-refractivity contribution in [2.45, 2.75) is 25.2 Å². The highest BCUT2D eigenvalue weighted by molar-refractivity contribution is 5.92. The topological polar surface area (TPSA) is 72.5 Å². The zero-order valence-electron chi connectivity index (χ0n) is 13.9. The molecule has 0 bridgehead atoms. The molecule has 0 saturated heterocycles. The van der Waals surface area contributed by atoms with Crippen molar-refractivity contribution >= 4 is 11.6 Å². The van der Waals surface area contributed by atoms with Crippen LogP contribution in [0.3, 0.4) is 0 Å². The second-order valence-corrected chi connectivity index (χ2v) is 5.93. The molecule has 1 aromatic heterocycles. The van der Waals surface area contributed by atoms with E-state index in [1.54, 1.807) is 0 Å². The Kier molecular flexibility index (Phi) is 4.83. The molecule has 2 aromatic rings. The van der Waals surface area contributed by atoms with Crippen LogP contribution in [0.1, 0.15) is 23.2 Å². The molecule has 1 aliphatic carbocycles. The lowest BCUT2D eigenvalue weighted by molar-refractivity contribution is 0.00147. The number of nitrogens with two attached hydrogens (primary N) is 1. The quantitative estimate of drug-likeness (QED) is 0.645. The number of pyridine rings is 1. The van der Waals surface area contributed by atoms with Gasteiger partial charge in [-0.3, -0.25) is 0 Å². The molecule has 3 rings (SSSR count). The first-order valence-corrected chi connectivity index (χ1v) is 8.06. The highest BCUT2D eigenvalue weighted by Crippen LogP contribution is 2.28. The lowest BCUT2D eigenvalue weighted by Gasteiger charge is -2.15. The van der Waals surface area contributed by atoms with Crippen LogP contribution in [-0.4, -0.2) is 24.6 Å². The summed E-state index contributed by atoms with van der Waals surface area (Å²) in [7, 11) is 1.38. The molecule has 0 aliphatic heterocycles. The maximum atomic E-state index is 14.2. The van der Waals surface area contributed by atoms with Crippen molar-refractivity contribution in [3.05, 3.63) is 53.2 Å². The predicted molar refractivity (Wildman–Crippen MR) is 93.3 cm³/mol. The van der Waals surface area contributed by atoms with Gasteiger partial charge in [-0.2, -0.15) is 8.78 Å². The van der Waals surface area contributed by atoms with Crippen molar-refractivity contribution in [2.24, 2.45) is 10.7 Å². The van der Waals surface area contributed by atoms with E-state index in [0.717, 1.165) is 24.9 Å². The molecule has 1 heterocycles. The SMILES string of the molecule is COc1cccc(C(F)(F)CN=C(N)Nc2ccc3c(c2)CCC3)n1. The van der Waals surface area contributed by atoms with E-state index in [1.165, 1.54) is 36.4 Å². The first-order chi connectivity index (χ1) is 12.0. The number of alkyl halides is 2. The van der Waals surface area contributed by atoms with Crippen molar-refractivity contribution in [1.29, 1.82) is 0 Å². The molecule has 0 atom stereocenters. The molecule has 0 saturated carbocycles. The largest absolute Gasteiger partial charge is 0.481 e. The van der Waals surface area contributed by atoms with Crippen molar-refractivity contribution in [1.82, 2.24) is 4.98 Å². The van der Waals surface area contributed by atoms with Gasteiger partial charge in [0, 0.05) is 11.8 Å². The summed E-state index contributed by atoms with van der Waals surface area (Å²) in [5.41, 5.74) is 8.70. The third kappa shape index (κ3) is 4.04. The van der Waals surface area contributed by atoms with Crippen LogP contribution in [0, 0.1) is 0 Å². The van der Waals surface area contributed by atoms with E-state index < -0.39 is 18.2 Å². The van der Waals surface area contributed by atoms with Crippen LogP contribution in [0.15, 0.2) is 41.4 Å². The Hall–Kier alpha value is -2.70. The number of rotatable bonds is 5. The Balaban J connectivity index is 1.67. The molecule has 0 radical (unpaired) electrons. The number of aliphatic imine (C=N–C) groups is 1. The van der Waals surface area contributed by atoms with Crippen molar-refractivity contribution in [3.8, 4) is 5.88 Å². The summed E-state index contributed by atoms with van der Waals surface area (Å²) < 4.78 is 33.4. The number of aryl methyl sites for hydroxylation is 2. The minimum absolute atomic E-state index is 0.0551. The molecule has 1 aliphatic rings. The Morgan fingerprint density at radius 1 is 1.28 bits per heavy atom. The maximum Gasteiger partial charge on any atom is 0.309 e. The first-order valence-electron chi connectivity index (χ1n) is 8.06. The second kappa shape index (κ2) is 7.04. The van der Waals surface area contributed by atoms with Crippen LogP contribution < -0.4 is 15.8 Å². The smallest absolute Gasteiger partial charge is 0.309 e. The van der Waals surface area contributed by atoms with Crippen LogP contribution in [0.4, 0.5) is 14.5 Å². The number of hydrogen-bond donors (Lipinski definition) is 2. The molecule has 0 fully saturated rings. The van der Waals surface area contributed by atoms with Gasteiger partial charge in [-0.15, -0.1) is 0 Å². The van der Waals surface area contributed by atoms with Crippen molar-refractivity contribution in [3.63, 3.8) is 0 Å². The zero-order chi connectivity index (χ0) is 17.9. The number of nitrogens with zero attached hydrogens (tertiary/aromatic N) is 2. The van der Waals surface area contributed by atoms with Gasteiger partial charge in [0.1, 0.15) is 12.2 Å². The molecule has 0 spiro atoms. The first kappa shape index (κ1) is 17.1. The lowest BCUT2D eigenvalue weighted by atomic mass is 10.1. The van der Waals surface area contributed by atoms with Gasteiger partial charge in [0.2, 0.25) is 5.88 Å². The van der Waals surface area contributed by atoms with E-state index in [1.807, 2.05) is 18.2 Å². The van der Waals surface area contributed by atoms with Gasteiger partial charge in [-0.1, -0.05) is 12.1 Å². The average Bonchev–Trinajstić information content (AvgIpc) is 3.08. The van der Waals surface area contributed by atoms with E-state index in [2.05, 4.69) is 15.3 Å². The zero-order valence-corrected chi connectivity index (χ0v) is 13.9. The number of guanidine groups is 1. The van der Waals surface area contributed by atoms with Crippen LogP contribution in [-0.2, 0) is 18.8 Å². The molecular formula is C18H20F2N4O. The second-order valence-electron chi connectivity index (χ2n) is 5.93. The number of aromatic nitrogens is 1. The Labute approximate surface area is 144 Å². The van der Waals surface area contributed by atoms with Gasteiger partial charge in [0.25, 0.3) is 0 Å². The van der Waals surface area contributed by atoms with Crippen molar-refractivity contribution < 1.29 is 13.5 Å². The molecule has 1 aromatic carbocycles. The maximum absolute atomic E-state index is 14.2. The number of methoxy groups -OCH3 is 1. The van der Waals surface area contributed by atoms with Gasteiger partial charge in [-0.05, 0) is 48.6 Å². The number of nitrogens with one attached hydrogen (secondary N) is 1. The van der Waals surface area contributed by atoms with E-state index in [4.69, 9.17) is 10.5 Å². The summed E-state index contributed by atoms with van der Waals surface area (Å²) in [5, 5.41) is 2.87. The van der Waals surface area contributed by atoms with Crippen LogP contribution >= 0.6 is 0 Å². The number of ether oxygens (including phenoxy) is 1. The van der Waals surface area contributed by atoms with Gasteiger partial charge in [-0.25, -0.2) is 9.98 Å². The fourth-order valence-electron chi connectivity index (χ4n) is 2.83. The van der Waals surface area contributed by atoms with Crippen LogP contribution in [0.2, 0.25) is 0 Å². The summed E-state index contributed by atoms with van der Waals surface area (Å²) in [6, 6.07) is 10.1.